The van der Waals surface area contributed by atoms with E-state index in [1.807, 2.05) is 6.92 Å². The van der Waals surface area contributed by atoms with Crippen molar-refractivity contribution in [2.75, 3.05) is 32.8 Å². The second-order valence-electron chi connectivity index (χ2n) is 5.20. The Hall–Kier alpha value is -0.120. The Morgan fingerprint density at radius 2 is 1.94 bits per heavy atom. The lowest BCUT2D eigenvalue weighted by atomic mass is 9.86. The highest BCUT2D eigenvalue weighted by Crippen LogP contribution is 2.24. The van der Waals surface area contributed by atoms with E-state index in [2.05, 4.69) is 18.7 Å². The second-order valence-corrected chi connectivity index (χ2v) is 5.20. The molecule has 1 unspecified atom stereocenters. The Bertz CT molecular complexity index is 177. The van der Waals surface area contributed by atoms with Gasteiger partial charge in [0.25, 0.3) is 0 Å². The molecule has 0 aromatic heterocycles. The summed E-state index contributed by atoms with van der Waals surface area (Å²) in [6.07, 6.45) is 2.89. The summed E-state index contributed by atoms with van der Waals surface area (Å²) in [5.74, 6) is 1.75. The lowest BCUT2D eigenvalue weighted by molar-refractivity contribution is 0.0276. The van der Waals surface area contributed by atoms with Gasteiger partial charge in [-0.3, -0.25) is 0 Å². The molecule has 16 heavy (non-hydrogen) atoms. The number of rotatable bonds is 6. The van der Waals surface area contributed by atoms with Crippen molar-refractivity contribution in [3.63, 3.8) is 0 Å². The van der Waals surface area contributed by atoms with Crippen molar-refractivity contribution in [2.24, 2.45) is 17.6 Å². The zero-order valence-corrected chi connectivity index (χ0v) is 11.1. The standard InChI is InChI=1S/C13H28N2O/c1-4-16-13(9-14)10-15-7-5-12(6-8-15)11(2)3/h11-13H,4-10,14H2,1-3H3. The minimum atomic E-state index is 0.223. The van der Waals surface area contributed by atoms with E-state index < -0.39 is 0 Å². The molecule has 1 aliphatic heterocycles. The predicted molar refractivity (Wildman–Crippen MR) is 68.5 cm³/mol. The highest BCUT2D eigenvalue weighted by atomic mass is 16.5. The molecule has 0 amide bonds. The van der Waals surface area contributed by atoms with Crippen molar-refractivity contribution in [2.45, 2.75) is 39.7 Å². The number of hydrogen-bond donors (Lipinski definition) is 1. The highest BCUT2D eigenvalue weighted by Gasteiger charge is 2.23. The monoisotopic (exact) mass is 228 g/mol. The van der Waals surface area contributed by atoms with Gasteiger partial charge < -0.3 is 15.4 Å². The van der Waals surface area contributed by atoms with Crippen molar-refractivity contribution >= 4 is 0 Å². The molecule has 0 bridgehead atoms. The van der Waals surface area contributed by atoms with Crippen molar-refractivity contribution in [1.82, 2.24) is 4.90 Å². The first-order valence-electron chi connectivity index (χ1n) is 6.71. The molecule has 2 N–H and O–H groups in total. The zero-order valence-electron chi connectivity index (χ0n) is 11.1. The van der Waals surface area contributed by atoms with E-state index in [1.54, 1.807) is 0 Å². The first-order chi connectivity index (χ1) is 7.67. The fourth-order valence-corrected chi connectivity index (χ4v) is 2.52. The minimum Gasteiger partial charge on any atom is -0.376 e. The smallest absolute Gasteiger partial charge is 0.0823 e. The molecule has 0 radical (unpaired) electrons. The third kappa shape index (κ3) is 4.40. The summed E-state index contributed by atoms with van der Waals surface area (Å²) in [6, 6.07) is 0. The molecule has 1 fully saturated rings. The molecule has 1 rings (SSSR count). The van der Waals surface area contributed by atoms with E-state index in [1.165, 1.54) is 25.9 Å². The van der Waals surface area contributed by atoms with Gasteiger partial charge in [0, 0.05) is 19.7 Å². The van der Waals surface area contributed by atoms with Crippen LogP contribution >= 0.6 is 0 Å². The molecule has 1 atom stereocenters. The number of nitrogens with zero attached hydrogens (tertiary/aromatic N) is 1. The molecule has 1 saturated heterocycles. The summed E-state index contributed by atoms with van der Waals surface area (Å²) >= 11 is 0. The first kappa shape index (κ1) is 13.9. The molecular weight excluding hydrogens is 200 g/mol. The van der Waals surface area contributed by atoms with Gasteiger partial charge in [-0.2, -0.15) is 0 Å². The van der Waals surface area contributed by atoms with E-state index in [9.17, 15) is 0 Å². The molecule has 3 heteroatoms. The van der Waals surface area contributed by atoms with Crippen molar-refractivity contribution in [3.05, 3.63) is 0 Å². The lowest BCUT2D eigenvalue weighted by Crippen LogP contribution is -2.43. The molecule has 1 heterocycles. The van der Waals surface area contributed by atoms with E-state index in [-0.39, 0.29) is 6.10 Å². The molecule has 0 aliphatic carbocycles. The van der Waals surface area contributed by atoms with Gasteiger partial charge in [-0.05, 0) is 44.7 Å². The summed E-state index contributed by atoms with van der Waals surface area (Å²) in [7, 11) is 0. The van der Waals surface area contributed by atoms with E-state index in [4.69, 9.17) is 10.5 Å². The topological polar surface area (TPSA) is 38.5 Å². The Kier molecular flexibility index (Phi) is 6.32. The molecule has 0 aromatic rings. The van der Waals surface area contributed by atoms with Crippen LogP contribution in [0.15, 0.2) is 0 Å². The molecule has 0 saturated carbocycles. The molecule has 96 valence electrons. The maximum atomic E-state index is 5.70. The van der Waals surface area contributed by atoms with Gasteiger partial charge in [0.05, 0.1) is 6.10 Å². The zero-order chi connectivity index (χ0) is 12.0. The Morgan fingerprint density at radius 1 is 1.31 bits per heavy atom. The molecule has 3 nitrogen and oxygen atoms in total. The van der Waals surface area contributed by atoms with Gasteiger partial charge in [0.15, 0.2) is 0 Å². The fraction of sp³-hybridized carbons (Fsp3) is 1.00. The number of hydrogen-bond acceptors (Lipinski definition) is 3. The van der Waals surface area contributed by atoms with Gasteiger partial charge in [-0.1, -0.05) is 13.8 Å². The summed E-state index contributed by atoms with van der Waals surface area (Å²) in [5.41, 5.74) is 5.70. The van der Waals surface area contributed by atoms with E-state index in [0.29, 0.717) is 6.54 Å². The van der Waals surface area contributed by atoms with Crippen LogP contribution < -0.4 is 5.73 Å². The number of likely N-dealkylation sites (tertiary alicyclic amines) is 1. The number of nitrogens with two attached hydrogens (primary N) is 1. The van der Waals surface area contributed by atoms with Crippen LogP contribution in [0.1, 0.15) is 33.6 Å². The van der Waals surface area contributed by atoms with Crippen LogP contribution in [-0.4, -0.2) is 43.8 Å². The maximum absolute atomic E-state index is 5.70. The van der Waals surface area contributed by atoms with Crippen LogP contribution in [0.2, 0.25) is 0 Å². The average Bonchev–Trinajstić information content (AvgIpc) is 2.29. The number of ether oxygens (including phenoxy) is 1. The van der Waals surface area contributed by atoms with Crippen molar-refractivity contribution in [3.8, 4) is 0 Å². The average molecular weight is 228 g/mol. The van der Waals surface area contributed by atoms with Crippen LogP contribution in [0.25, 0.3) is 0 Å². The van der Waals surface area contributed by atoms with Crippen LogP contribution in [0.5, 0.6) is 0 Å². The molecular formula is C13H28N2O. The third-order valence-corrected chi connectivity index (χ3v) is 3.70. The number of piperidine rings is 1. The SMILES string of the molecule is CCOC(CN)CN1CCC(C(C)C)CC1. The van der Waals surface area contributed by atoms with Gasteiger partial charge in [-0.25, -0.2) is 0 Å². The first-order valence-corrected chi connectivity index (χ1v) is 6.71. The lowest BCUT2D eigenvalue weighted by Gasteiger charge is -2.35. The maximum Gasteiger partial charge on any atom is 0.0823 e. The highest BCUT2D eigenvalue weighted by molar-refractivity contribution is 4.76. The summed E-state index contributed by atoms with van der Waals surface area (Å²) in [6.45, 7) is 11.6. The van der Waals surface area contributed by atoms with Crippen LogP contribution in [0.3, 0.4) is 0 Å². The van der Waals surface area contributed by atoms with E-state index >= 15 is 0 Å². The van der Waals surface area contributed by atoms with Gasteiger partial charge in [-0.15, -0.1) is 0 Å². The Balaban J connectivity index is 2.25. The summed E-state index contributed by atoms with van der Waals surface area (Å²) in [5, 5.41) is 0. The minimum absolute atomic E-state index is 0.223. The van der Waals surface area contributed by atoms with Crippen LogP contribution in [0, 0.1) is 11.8 Å². The molecule has 1 aliphatic rings. The van der Waals surface area contributed by atoms with Crippen molar-refractivity contribution in [1.29, 1.82) is 0 Å². The molecule has 0 spiro atoms. The van der Waals surface area contributed by atoms with Gasteiger partial charge in [0.1, 0.15) is 0 Å². The summed E-state index contributed by atoms with van der Waals surface area (Å²) in [4.78, 5) is 2.51. The largest absolute Gasteiger partial charge is 0.376 e. The quantitative estimate of drug-likeness (QED) is 0.752. The summed E-state index contributed by atoms with van der Waals surface area (Å²) < 4.78 is 5.60. The Morgan fingerprint density at radius 3 is 2.38 bits per heavy atom. The van der Waals surface area contributed by atoms with Crippen molar-refractivity contribution < 1.29 is 4.74 Å². The third-order valence-electron chi connectivity index (χ3n) is 3.70. The van der Waals surface area contributed by atoms with Crippen LogP contribution in [-0.2, 0) is 4.74 Å². The van der Waals surface area contributed by atoms with Gasteiger partial charge in [0.2, 0.25) is 0 Å². The second kappa shape index (κ2) is 7.25. The van der Waals surface area contributed by atoms with Gasteiger partial charge >= 0.3 is 0 Å². The van der Waals surface area contributed by atoms with E-state index in [0.717, 1.165) is 25.0 Å². The van der Waals surface area contributed by atoms with Crippen LogP contribution in [0.4, 0.5) is 0 Å². The fourth-order valence-electron chi connectivity index (χ4n) is 2.52. The predicted octanol–water partition coefficient (Wildman–Crippen LogP) is 1.72. The normalized spacial score (nSPS) is 21.6. The Labute approximate surface area is 100 Å². The molecule has 0 aromatic carbocycles.